The van der Waals surface area contributed by atoms with E-state index in [1.165, 1.54) is 0 Å². The van der Waals surface area contributed by atoms with Crippen molar-refractivity contribution in [1.29, 1.82) is 0 Å². The van der Waals surface area contributed by atoms with Crippen LogP contribution >= 0.6 is 15.9 Å². The van der Waals surface area contributed by atoms with Gasteiger partial charge in [0.25, 0.3) is 0 Å². The predicted molar refractivity (Wildman–Crippen MR) is 40.9 cm³/mol. The van der Waals surface area contributed by atoms with Crippen LogP contribution in [0.5, 0.6) is 0 Å². The van der Waals surface area contributed by atoms with E-state index in [2.05, 4.69) is 27.8 Å². The van der Waals surface area contributed by atoms with Crippen molar-refractivity contribution in [3.05, 3.63) is 22.8 Å². The second-order valence-corrected chi connectivity index (χ2v) is 2.28. The molecule has 0 bridgehead atoms. The summed E-state index contributed by atoms with van der Waals surface area (Å²) in [6, 6.07) is 0. The Morgan fingerprint density at radius 2 is 2.25 bits per heavy atom. The number of rotatable bonds is 2. The van der Waals surface area contributed by atoms with E-state index in [0.717, 1.165) is 10.2 Å². The van der Waals surface area contributed by atoms with Crippen molar-refractivity contribution < 1.29 is 0 Å². The summed E-state index contributed by atoms with van der Waals surface area (Å²) >= 11 is 3.30. The molecule has 0 saturated carbocycles. The highest BCUT2D eigenvalue weighted by atomic mass is 79.9. The van der Waals surface area contributed by atoms with Crippen molar-refractivity contribution in [2.24, 2.45) is 0 Å². The van der Waals surface area contributed by atoms with Crippen molar-refractivity contribution in [2.75, 3.05) is 7.05 Å². The van der Waals surface area contributed by atoms with Gasteiger partial charge in [-0.2, -0.15) is 0 Å². The van der Waals surface area contributed by atoms with Gasteiger partial charge in [0.1, 0.15) is 0 Å². The lowest BCUT2D eigenvalue weighted by Crippen LogP contribution is -2.02. The average Bonchev–Trinajstić information content (AvgIpc) is 1.84. The van der Waals surface area contributed by atoms with Crippen molar-refractivity contribution in [1.82, 2.24) is 5.32 Å². The lowest BCUT2D eigenvalue weighted by molar-refractivity contribution is 0.988. The Balaban J connectivity index is 4.03. The first kappa shape index (κ1) is 7.76. The summed E-state index contributed by atoms with van der Waals surface area (Å²) in [5, 5.41) is 2.98. The molecular formula is C6H10BrN. The quantitative estimate of drug-likeness (QED) is 0.634. The van der Waals surface area contributed by atoms with E-state index >= 15 is 0 Å². The van der Waals surface area contributed by atoms with Crippen LogP contribution in [0.2, 0.25) is 0 Å². The van der Waals surface area contributed by atoms with Gasteiger partial charge in [-0.1, -0.05) is 12.7 Å². The van der Waals surface area contributed by atoms with Gasteiger partial charge in [0, 0.05) is 17.2 Å². The average molecular weight is 176 g/mol. The number of hydrogen-bond acceptors (Lipinski definition) is 1. The lowest BCUT2D eigenvalue weighted by atomic mass is 10.4. The Kier molecular flexibility index (Phi) is 3.61. The molecule has 0 aliphatic heterocycles. The fraction of sp³-hybridized carbons (Fsp3) is 0.333. The summed E-state index contributed by atoms with van der Waals surface area (Å²) in [5.74, 6) is 0. The molecule has 0 atom stereocenters. The maximum atomic E-state index is 3.58. The van der Waals surface area contributed by atoms with Crippen LogP contribution in [0.4, 0.5) is 0 Å². The zero-order valence-corrected chi connectivity index (χ0v) is 6.75. The molecule has 8 heavy (non-hydrogen) atoms. The van der Waals surface area contributed by atoms with Gasteiger partial charge in [0.15, 0.2) is 0 Å². The summed E-state index contributed by atoms with van der Waals surface area (Å²) in [6.45, 7) is 5.56. The summed E-state index contributed by atoms with van der Waals surface area (Å²) in [5.41, 5.74) is 1.10. The molecule has 46 valence electrons. The second-order valence-electron chi connectivity index (χ2n) is 1.43. The van der Waals surface area contributed by atoms with Gasteiger partial charge in [-0.05, 0) is 22.9 Å². The van der Waals surface area contributed by atoms with Gasteiger partial charge in [-0.25, -0.2) is 0 Å². The minimum atomic E-state index is 1.01. The molecule has 0 aromatic heterocycles. The summed E-state index contributed by atoms with van der Waals surface area (Å²) in [7, 11) is 1.88. The molecule has 2 heteroatoms. The van der Waals surface area contributed by atoms with E-state index in [4.69, 9.17) is 0 Å². The maximum Gasteiger partial charge on any atom is 0.0355 e. The molecule has 0 unspecified atom stereocenters. The van der Waals surface area contributed by atoms with Gasteiger partial charge in [-0.3, -0.25) is 0 Å². The van der Waals surface area contributed by atoms with E-state index in [1.54, 1.807) is 6.08 Å². The van der Waals surface area contributed by atoms with E-state index in [1.807, 2.05) is 14.0 Å². The second kappa shape index (κ2) is 3.72. The Hall–Kier alpha value is -0.240. The fourth-order valence-electron chi connectivity index (χ4n) is 0.273. The van der Waals surface area contributed by atoms with Crippen LogP contribution in [0.15, 0.2) is 22.8 Å². The molecule has 1 nitrogen and oxygen atoms in total. The molecular weight excluding hydrogens is 166 g/mol. The molecule has 0 aromatic rings. The molecule has 0 rings (SSSR count). The van der Waals surface area contributed by atoms with Crippen LogP contribution in [0.1, 0.15) is 6.92 Å². The summed E-state index contributed by atoms with van der Waals surface area (Å²) in [4.78, 5) is 0. The number of halogens is 1. The van der Waals surface area contributed by atoms with Gasteiger partial charge < -0.3 is 5.32 Å². The Morgan fingerprint density at radius 1 is 1.75 bits per heavy atom. The minimum absolute atomic E-state index is 1.01. The van der Waals surface area contributed by atoms with Crippen LogP contribution in [0.25, 0.3) is 0 Å². The molecule has 0 amide bonds. The van der Waals surface area contributed by atoms with Crippen molar-refractivity contribution in [2.45, 2.75) is 6.92 Å². The Morgan fingerprint density at radius 3 is 2.38 bits per heavy atom. The molecule has 0 spiro atoms. The van der Waals surface area contributed by atoms with Crippen LogP contribution in [-0.4, -0.2) is 7.05 Å². The van der Waals surface area contributed by atoms with E-state index in [-0.39, 0.29) is 0 Å². The standard InChI is InChI=1S/C6H10BrN/c1-4-6(7)5(2)8-3/h4,8H,1H2,2-3H3/b6-5+. The third kappa shape index (κ3) is 2.17. The molecule has 1 N–H and O–H groups in total. The van der Waals surface area contributed by atoms with Gasteiger partial charge >= 0.3 is 0 Å². The van der Waals surface area contributed by atoms with Crippen molar-refractivity contribution in [3.8, 4) is 0 Å². The van der Waals surface area contributed by atoms with Gasteiger partial charge in [-0.15, -0.1) is 0 Å². The van der Waals surface area contributed by atoms with Crippen molar-refractivity contribution in [3.63, 3.8) is 0 Å². The third-order valence-electron chi connectivity index (χ3n) is 0.912. The Bertz CT molecular complexity index is 116. The monoisotopic (exact) mass is 175 g/mol. The fourth-order valence-corrected chi connectivity index (χ4v) is 0.471. The Labute approximate surface area is 58.6 Å². The predicted octanol–water partition coefficient (Wildman–Crippen LogP) is 2.02. The zero-order valence-electron chi connectivity index (χ0n) is 5.16. The van der Waals surface area contributed by atoms with E-state index in [0.29, 0.717) is 0 Å². The molecule has 0 radical (unpaired) electrons. The summed E-state index contributed by atoms with van der Waals surface area (Å²) in [6.07, 6.45) is 1.76. The van der Waals surface area contributed by atoms with E-state index in [9.17, 15) is 0 Å². The summed E-state index contributed by atoms with van der Waals surface area (Å²) < 4.78 is 1.01. The molecule has 0 heterocycles. The van der Waals surface area contributed by atoms with Gasteiger partial charge in [0.05, 0.1) is 0 Å². The first-order valence-corrected chi connectivity index (χ1v) is 3.18. The third-order valence-corrected chi connectivity index (χ3v) is 1.83. The molecule has 0 saturated heterocycles. The number of nitrogens with one attached hydrogen (secondary N) is 1. The van der Waals surface area contributed by atoms with E-state index < -0.39 is 0 Å². The minimum Gasteiger partial charge on any atom is -0.391 e. The molecule has 0 aliphatic rings. The first-order valence-electron chi connectivity index (χ1n) is 2.39. The highest BCUT2D eigenvalue weighted by molar-refractivity contribution is 9.11. The highest BCUT2D eigenvalue weighted by Crippen LogP contribution is 2.08. The lowest BCUT2D eigenvalue weighted by Gasteiger charge is -1.98. The number of hydrogen-bond donors (Lipinski definition) is 1. The molecule has 0 aromatic carbocycles. The topological polar surface area (TPSA) is 12.0 Å². The van der Waals surface area contributed by atoms with Crippen molar-refractivity contribution >= 4 is 15.9 Å². The van der Waals surface area contributed by atoms with Crippen LogP contribution in [-0.2, 0) is 0 Å². The van der Waals surface area contributed by atoms with Gasteiger partial charge in [0.2, 0.25) is 0 Å². The normalized spacial score (nSPS) is 12.4. The highest BCUT2D eigenvalue weighted by Gasteiger charge is 1.86. The van der Waals surface area contributed by atoms with Crippen LogP contribution < -0.4 is 5.32 Å². The molecule has 0 fully saturated rings. The SMILES string of the molecule is C=C/C(Br)=C(/C)NC. The smallest absolute Gasteiger partial charge is 0.0355 e. The van der Waals surface area contributed by atoms with Crippen LogP contribution in [0.3, 0.4) is 0 Å². The number of allylic oxidation sites excluding steroid dienone is 3. The van der Waals surface area contributed by atoms with Crippen LogP contribution in [0, 0.1) is 0 Å². The maximum absolute atomic E-state index is 3.58. The first-order chi connectivity index (χ1) is 3.72. The molecule has 0 aliphatic carbocycles. The largest absolute Gasteiger partial charge is 0.391 e. The zero-order chi connectivity index (χ0) is 6.57.